The van der Waals surface area contributed by atoms with Gasteiger partial charge in [-0.25, -0.2) is 9.59 Å². The topological polar surface area (TPSA) is 52.6 Å². The Morgan fingerprint density at radius 2 is 1.71 bits per heavy atom. The van der Waals surface area contributed by atoms with Gasteiger partial charge in [-0.3, -0.25) is 0 Å². The zero-order valence-corrected chi connectivity index (χ0v) is 10.3. The van der Waals surface area contributed by atoms with E-state index >= 15 is 0 Å². The quantitative estimate of drug-likeness (QED) is 0.614. The molecule has 1 rings (SSSR count). The van der Waals surface area contributed by atoms with E-state index in [0.29, 0.717) is 5.56 Å². The predicted molar refractivity (Wildman–Crippen MR) is 62.7 cm³/mol. The molecule has 0 saturated heterocycles. The molecule has 4 nitrogen and oxygen atoms in total. The molecule has 0 bridgehead atoms. The van der Waals surface area contributed by atoms with Gasteiger partial charge in [-0.15, -0.1) is 0 Å². The van der Waals surface area contributed by atoms with E-state index in [1.807, 2.05) is 0 Å². The van der Waals surface area contributed by atoms with Crippen LogP contribution in [0.15, 0.2) is 30.3 Å². The predicted octanol–water partition coefficient (Wildman–Crippen LogP) is 3.05. The van der Waals surface area contributed by atoms with Crippen LogP contribution < -0.4 is 0 Å². The molecule has 0 amide bonds. The first kappa shape index (κ1) is 13.5. The van der Waals surface area contributed by atoms with Gasteiger partial charge in [0.2, 0.25) is 6.10 Å². The van der Waals surface area contributed by atoms with Gasteiger partial charge in [0.1, 0.15) is 0 Å². The number of benzene rings is 1. The van der Waals surface area contributed by atoms with Crippen LogP contribution in [0.3, 0.4) is 0 Å². The summed E-state index contributed by atoms with van der Waals surface area (Å²) in [4.78, 5) is 22.5. The summed E-state index contributed by atoms with van der Waals surface area (Å²) in [6.07, 6.45) is -1.41. The van der Waals surface area contributed by atoms with Crippen molar-refractivity contribution in [3.05, 3.63) is 35.9 Å². The lowest BCUT2D eigenvalue weighted by Crippen LogP contribution is -2.22. The van der Waals surface area contributed by atoms with Crippen LogP contribution in [0.2, 0.25) is 0 Å². The molecule has 92 valence electrons. The number of hydrogen-bond donors (Lipinski definition) is 0. The Kier molecular flexibility index (Phi) is 4.97. The molecule has 0 N–H and O–H groups in total. The molecule has 0 radical (unpaired) electrons. The summed E-state index contributed by atoms with van der Waals surface area (Å²) < 4.78 is 9.74. The Hall–Kier alpha value is -1.55. The molecule has 0 aliphatic rings. The fourth-order valence-corrected chi connectivity index (χ4v) is 1.36. The molecule has 1 atom stereocenters. The normalized spacial score (nSPS) is 12.0. The molecule has 0 aromatic heterocycles. The Labute approximate surface area is 104 Å². The van der Waals surface area contributed by atoms with E-state index in [1.165, 1.54) is 0 Å². The van der Waals surface area contributed by atoms with Crippen molar-refractivity contribution >= 4 is 23.0 Å². The van der Waals surface area contributed by atoms with Crippen LogP contribution in [0.25, 0.3) is 0 Å². The SMILES string of the molecule is CC(C)OC(=O)[C@H](OC(=O)Cl)c1ccccc1. The fourth-order valence-electron chi connectivity index (χ4n) is 1.27. The summed E-state index contributed by atoms with van der Waals surface area (Å²) in [6.45, 7) is 3.42. The Morgan fingerprint density at radius 1 is 1.12 bits per heavy atom. The minimum absolute atomic E-state index is 0.289. The van der Waals surface area contributed by atoms with Crippen LogP contribution in [-0.4, -0.2) is 17.5 Å². The maximum absolute atomic E-state index is 11.7. The maximum Gasteiger partial charge on any atom is 0.404 e. The van der Waals surface area contributed by atoms with Gasteiger partial charge >= 0.3 is 11.4 Å². The van der Waals surface area contributed by atoms with Crippen molar-refractivity contribution in [2.24, 2.45) is 0 Å². The highest BCUT2D eigenvalue weighted by Crippen LogP contribution is 2.20. The number of carbonyl (C=O) groups is 2. The van der Waals surface area contributed by atoms with Crippen molar-refractivity contribution in [2.75, 3.05) is 0 Å². The van der Waals surface area contributed by atoms with E-state index in [-0.39, 0.29) is 6.10 Å². The molecule has 0 fully saturated rings. The number of esters is 1. The van der Waals surface area contributed by atoms with Gasteiger partial charge in [0, 0.05) is 17.2 Å². The minimum atomic E-state index is -1.12. The number of rotatable bonds is 4. The van der Waals surface area contributed by atoms with Crippen LogP contribution in [0.1, 0.15) is 25.5 Å². The van der Waals surface area contributed by atoms with Gasteiger partial charge in [0.15, 0.2) is 0 Å². The largest absolute Gasteiger partial charge is 0.460 e. The molecule has 17 heavy (non-hydrogen) atoms. The number of carbonyl (C=O) groups excluding carboxylic acids is 2. The lowest BCUT2D eigenvalue weighted by Gasteiger charge is -2.17. The average molecular weight is 257 g/mol. The summed E-state index contributed by atoms with van der Waals surface area (Å²) in [5.74, 6) is -0.639. The monoisotopic (exact) mass is 256 g/mol. The maximum atomic E-state index is 11.7. The molecule has 0 aliphatic carbocycles. The van der Waals surface area contributed by atoms with E-state index in [1.54, 1.807) is 44.2 Å². The molecule has 5 heteroatoms. The van der Waals surface area contributed by atoms with Gasteiger partial charge in [-0.1, -0.05) is 30.3 Å². The zero-order chi connectivity index (χ0) is 12.8. The van der Waals surface area contributed by atoms with Gasteiger partial charge in [0.25, 0.3) is 0 Å². The smallest absolute Gasteiger partial charge is 0.404 e. The second-order valence-corrected chi connectivity index (χ2v) is 3.94. The molecule has 0 spiro atoms. The number of ether oxygens (including phenoxy) is 2. The third kappa shape index (κ3) is 4.44. The van der Waals surface area contributed by atoms with E-state index in [2.05, 4.69) is 0 Å². The van der Waals surface area contributed by atoms with E-state index < -0.39 is 17.5 Å². The number of halogens is 1. The minimum Gasteiger partial charge on any atom is -0.460 e. The second-order valence-electron chi connectivity index (χ2n) is 3.63. The Balaban J connectivity index is 2.88. The lowest BCUT2D eigenvalue weighted by atomic mass is 10.1. The van der Waals surface area contributed by atoms with Crippen LogP contribution in [-0.2, 0) is 14.3 Å². The molecule has 0 heterocycles. The Morgan fingerprint density at radius 3 is 2.18 bits per heavy atom. The summed E-state index contributed by atoms with van der Waals surface area (Å²) in [5.41, 5.74) is -0.522. The highest BCUT2D eigenvalue weighted by molar-refractivity contribution is 6.61. The summed E-state index contributed by atoms with van der Waals surface area (Å²) in [6, 6.07) is 8.56. The lowest BCUT2D eigenvalue weighted by molar-refractivity contribution is -0.157. The van der Waals surface area contributed by atoms with E-state index in [4.69, 9.17) is 21.1 Å². The third-order valence-electron chi connectivity index (χ3n) is 1.88. The number of hydrogen-bond acceptors (Lipinski definition) is 4. The average Bonchev–Trinajstić information content (AvgIpc) is 2.25. The summed E-state index contributed by atoms with van der Waals surface area (Å²) >= 11 is 5.13. The van der Waals surface area contributed by atoms with Crippen LogP contribution in [0.4, 0.5) is 4.79 Å². The fraction of sp³-hybridized carbons (Fsp3) is 0.333. The molecular formula is C12H13ClO4. The van der Waals surface area contributed by atoms with Crippen molar-refractivity contribution in [1.29, 1.82) is 0 Å². The van der Waals surface area contributed by atoms with Gasteiger partial charge in [0.05, 0.1) is 6.10 Å². The zero-order valence-electron chi connectivity index (χ0n) is 9.55. The molecule has 0 saturated carbocycles. The van der Waals surface area contributed by atoms with Crippen LogP contribution in [0.5, 0.6) is 0 Å². The molecule has 1 aromatic rings. The van der Waals surface area contributed by atoms with Gasteiger partial charge < -0.3 is 9.47 Å². The highest BCUT2D eigenvalue weighted by atomic mass is 35.5. The second kappa shape index (κ2) is 6.25. The first-order chi connectivity index (χ1) is 8.00. The third-order valence-corrected chi connectivity index (χ3v) is 1.97. The summed E-state index contributed by atoms with van der Waals surface area (Å²) in [5, 5.41) is 0. The van der Waals surface area contributed by atoms with Crippen molar-refractivity contribution in [3.8, 4) is 0 Å². The first-order valence-electron chi connectivity index (χ1n) is 5.12. The van der Waals surface area contributed by atoms with Crippen LogP contribution in [0, 0.1) is 0 Å². The van der Waals surface area contributed by atoms with Crippen molar-refractivity contribution < 1.29 is 19.1 Å². The molecule has 0 aliphatic heterocycles. The van der Waals surface area contributed by atoms with Crippen molar-refractivity contribution in [2.45, 2.75) is 26.1 Å². The molecule has 0 unspecified atom stereocenters. The molecule has 1 aromatic carbocycles. The van der Waals surface area contributed by atoms with Crippen molar-refractivity contribution in [3.63, 3.8) is 0 Å². The van der Waals surface area contributed by atoms with E-state index in [9.17, 15) is 9.59 Å². The van der Waals surface area contributed by atoms with Gasteiger partial charge in [-0.2, -0.15) is 0 Å². The van der Waals surface area contributed by atoms with Crippen LogP contribution >= 0.6 is 11.6 Å². The molecular weight excluding hydrogens is 244 g/mol. The summed E-state index contributed by atoms with van der Waals surface area (Å²) in [7, 11) is 0. The van der Waals surface area contributed by atoms with Crippen molar-refractivity contribution in [1.82, 2.24) is 0 Å². The standard InChI is InChI=1S/C12H13ClO4/c1-8(2)16-11(14)10(17-12(13)15)9-6-4-3-5-7-9/h3-8,10H,1-2H3/t10-/m1/s1. The van der Waals surface area contributed by atoms with E-state index in [0.717, 1.165) is 0 Å². The first-order valence-corrected chi connectivity index (χ1v) is 5.50. The Bertz CT molecular complexity index is 389. The highest BCUT2D eigenvalue weighted by Gasteiger charge is 2.26. The van der Waals surface area contributed by atoms with Gasteiger partial charge in [-0.05, 0) is 13.8 Å².